The third kappa shape index (κ3) is 3.09. The minimum atomic E-state index is 0.113. The number of hydrogen-bond acceptors (Lipinski definition) is 4. The van der Waals surface area contributed by atoms with Crippen molar-refractivity contribution in [2.45, 2.75) is 19.9 Å². The van der Waals surface area contributed by atoms with Crippen LogP contribution in [0.1, 0.15) is 13.8 Å². The first-order valence-corrected chi connectivity index (χ1v) is 5.22. The first-order valence-electron chi connectivity index (χ1n) is 5.22. The fourth-order valence-electron chi connectivity index (χ4n) is 1.29. The Morgan fingerprint density at radius 2 is 2.33 bits per heavy atom. The van der Waals surface area contributed by atoms with Crippen LogP contribution in [0.15, 0.2) is 18.3 Å². The first kappa shape index (κ1) is 11.8. The fourth-order valence-corrected chi connectivity index (χ4v) is 1.29. The monoisotopic (exact) mass is 209 g/mol. The quantitative estimate of drug-likeness (QED) is 0.768. The molecule has 0 fully saturated rings. The molecule has 0 aliphatic carbocycles. The zero-order valence-electron chi connectivity index (χ0n) is 9.57. The number of anilines is 2. The number of aliphatic hydroxyl groups excluding tert-OH is 1. The lowest BCUT2D eigenvalue weighted by Crippen LogP contribution is -2.31. The predicted molar refractivity (Wildman–Crippen MR) is 63.4 cm³/mol. The van der Waals surface area contributed by atoms with Crippen LogP contribution in [0.2, 0.25) is 0 Å². The van der Waals surface area contributed by atoms with Gasteiger partial charge in [-0.2, -0.15) is 0 Å². The Labute approximate surface area is 90.9 Å². The van der Waals surface area contributed by atoms with Crippen molar-refractivity contribution in [3.63, 3.8) is 0 Å². The molecule has 0 bridgehead atoms. The van der Waals surface area contributed by atoms with Crippen molar-refractivity contribution in [2.24, 2.45) is 0 Å². The normalized spacial score (nSPS) is 12.3. The molecule has 0 saturated carbocycles. The number of likely N-dealkylation sites (N-methyl/N-ethyl adjacent to an activating group) is 1. The van der Waals surface area contributed by atoms with Crippen LogP contribution in [0.25, 0.3) is 0 Å². The van der Waals surface area contributed by atoms with Gasteiger partial charge >= 0.3 is 0 Å². The lowest BCUT2D eigenvalue weighted by molar-refractivity contribution is 0.270. The van der Waals surface area contributed by atoms with E-state index < -0.39 is 0 Å². The molecular formula is C11H19N3O. The van der Waals surface area contributed by atoms with Crippen molar-refractivity contribution in [1.82, 2.24) is 4.98 Å². The maximum atomic E-state index is 9.07. The maximum absolute atomic E-state index is 9.07. The highest BCUT2D eigenvalue weighted by Gasteiger charge is 2.08. The molecule has 0 amide bonds. The van der Waals surface area contributed by atoms with E-state index >= 15 is 0 Å². The topological polar surface area (TPSA) is 48.4 Å². The summed E-state index contributed by atoms with van der Waals surface area (Å²) in [5.74, 6) is 0.868. The van der Waals surface area contributed by atoms with Crippen molar-refractivity contribution in [1.29, 1.82) is 0 Å². The zero-order chi connectivity index (χ0) is 11.3. The van der Waals surface area contributed by atoms with Gasteiger partial charge in [0, 0.05) is 37.6 Å². The molecule has 0 aromatic carbocycles. The summed E-state index contributed by atoms with van der Waals surface area (Å²) in [6.45, 7) is 5.02. The highest BCUT2D eigenvalue weighted by Crippen LogP contribution is 2.17. The van der Waals surface area contributed by atoms with Gasteiger partial charge in [-0.1, -0.05) is 0 Å². The molecule has 1 aromatic rings. The molecule has 1 unspecified atom stereocenters. The van der Waals surface area contributed by atoms with Gasteiger partial charge in [-0.3, -0.25) is 0 Å². The lowest BCUT2D eigenvalue weighted by Gasteiger charge is -2.25. The van der Waals surface area contributed by atoms with Crippen LogP contribution in [0.5, 0.6) is 0 Å². The Bertz CT molecular complexity index is 304. The lowest BCUT2D eigenvalue weighted by atomic mass is 10.2. The molecule has 0 aliphatic rings. The van der Waals surface area contributed by atoms with Crippen LogP contribution in [-0.4, -0.2) is 36.3 Å². The number of pyridine rings is 1. The average Bonchev–Trinajstić information content (AvgIpc) is 2.28. The predicted octanol–water partition coefficient (Wildman–Crippen LogP) is 1.33. The third-order valence-corrected chi connectivity index (χ3v) is 2.43. The molecule has 0 spiro atoms. The van der Waals surface area contributed by atoms with E-state index in [0.29, 0.717) is 0 Å². The third-order valence-electron chi connectivity index (χ3n) is 2.43. The standard InChI is InChI=1S/C11H19N3O/c1-4-12-11-7-10(5-6-13-11)14(3)9(2)8-15/h5-7,9,15H,4,8H2,1-3H3,(H,12,13). The summed E-state index contributed by atoms with van der Waals surface area (Å²) in [6.07, 6.45) is 1.77. The van der Waals surface area contributed by atoms with E-state index in [4.69, 9.17) is 5.11 Å². The summed E-state index contributed by atoms with van der Waals surface area (Å²) < 4.78 is 0. The number of rotatable bonds is 5. The second-order valence-corrected chi connectivity index (χ2v) is 3.57. The van der Waals surface area contributed by atoms with Gasteiger partial charge in [0.25, 0.3) is 0 Å². The fraction of sp³-hybridized carbons (Fsp3) is 0.545. The molecule has 15 heavy (non-hydrogen) atoms. The number of aromatic nitrogens is 1. The van der Waals surface area contributed by atoms with E-state index in [1.54, 1.807) is 6.20 Å². The minimum absolute atomic E-state index is 0.113. The number of nitrogens with zero attached hydrogens (tertiary/aromatic N) is 2. The summed E-state index contributed by atoms with van der Waals surface area (Å²) >= 11 is 0. The van der Waals surface area contributed by atoms with Crippen molar-refractivity contribution in [3.8, 4) is 0 Å². The Morgan fingerprint density at radius 3 is 2.93 bits per heavy atom. The molecule has 4 nitrogen and oxygen atoms in total. The molecule has 1 aromatic heterocycles. The molecule has 1 rings (SSSR count). The molecule has 0 aliphatic heterocycles. The van der Waals surface area contributed by atoms with Crippen molar-refractivity contribution >= 4 is 11.5 Å². The number of aliphatic hydroxyl groups is 1. The van der Waals surface area contributed by atoms with Crippen LogP contribution in [0, 0.1) is 0 Å². The summed E-state index contributed by atoms with van der Waals surface area (Å²) in [5, 5.41) is 12.2. The molecule has 84 valence electrons. The maximum Gasteiger partial charge on any atom is 0.127 e. The van der Waals surface area contributed by atoms with E-state index in [1.165, 1.54) is 0 Å². The highest BCUT2D eigenvalue weighted by molar-refractivity contribution is 5.53. The van der Waals surface area contributed by atoms with Crippen LogP contribution in [0.4, 0.5) is 11.5 Å². The van der Waals surface area contributed by atoms with E-state index in [9.17, 15) is 0 Å². The average molecular weight is 209 g/mol. The summed E-state index contributed by atoms with van der Waals surface area (Å²) in [4.78, 5) is 6.23. The summed E-state index contributed by atoms with van der Waals surface area (Å²) in [5.41, 5.74) is 1.06. The van der Waals surface area contributed by atoms with E-state index in [0.717, 1.165) is 18.1 Å². The molecule has 4 heteroatoms. The number of nitrogens with one attached hydrogen (secondary N) is 1. The molecule has 0 radical (unpaired) electrons. The Morgan fingerprint density at radius 1 is 1.60 bits per heavy atom. The van der Waals surface area contributed by atoms with Crippen LogP contribution in [0.3, 0.4) is 0 Å². The molecule has 1 heterocycles. The Balaban J connectivity index is 2.80. The van der Waals surface area contributed by atoms with E-state index in [1.807, 2.05) is 37.9 Å². The SMILES string of the molecule is CCNc1cc(N(C)C(C)CO)ccn1. The largest absolute Gasteiger partial charge is 0.394 e. The van der Waals surface area contributed by atoms with Crippen molar-refractivity contribution in [3.05, 3.63) is 18.3 Å². The van der Waals surface area contributed by atoms with Crippen LogP contribution < -0.4 is 10.2 Å². The van der Waals surface area contributed by atoms with Gasteiger partial charge in [-0.05, 0) is 19.9 Å². The summed E-state index contributed by atoms with van der Waals surface area (Å²) in [7, 11) is 1.96. The van der Waals surface area contributed by atoms with Gasteiger partial charge in [-0.15, -0.1) is 0 Å². The van der Waals surface area contributed by atoms with E-state index in [2.05, 4.69) is 10.3 Å². The van der Waals surface area contributed by atoms with Gasteiger partial charge in [0.05, 0.1) is 6.61 Å². The highest BCUT2D eigenvalue weighted by atomic mass is 16.3. The molecular weight excluding hydrogens is 190 g/mol. The molecule has 0 saturated heterocycles. The summed E-state index contributed by atoms with van der Waals surface area (Å²) in [6, 6.07) is 4.03. The Hall–Kier alpha value is -1.29. The zero-order valence-corrected chi connectivity index (χ0v) is 9.57. The van der Waals surface area contributed by atoms with Crippen molar-refractivity contribution < 1.29 is 5.11 Å². The second kappa shape index (κ2) is 5.56. The number of hydrogen-bond donors (Lipinski definition) is 2. The van der Waals surface area contributed by atoms with Gasteiger partial charge in [0.1, 0.15) is 5.82 Å². The first-order chi connectivity index (χ1) is 7.19. The van der Waals surface area contributed by atoms with Crippen LogP contribution >= 0.6 is 0 Å². The molecule has 1 atom stereocenters. The minimum Gasteiger partial charge on any atom is -0.394 e. The van der Waals surface area contributed by atoms with Crippen molar-refractivity contribution in [2.75, 3.05) is 30.4 Å². The second-order valence-electron chi connectivity index (χ2n) is 3.57. The van der Waals surface area contributed by atoms with E-state index in [-0.39, 0.29) is 12.6 Å². The Kier molecular flexibility index (Phi) is 4.37. The smallest absolute Gasteiger partial charge is 0.127 e. The van der Waals surface area contributed by atoms with Gasteiger partial charge in [0.2, 0.25) is 0 Å². The van der Waals surface area contributed by atoms with Gasteiger partial charge < -0.3 is 15.3 Å². The van der Waals surface area contributed by atoms with Gasteiger partial charge in [0.15, 0.2) is 0 Å². The van der Waals surface area contributed by atoms with Crippen LogP contribution in [-0.2, 0) is 0 Å². The van der Waals surface area contributed by atoms with Gasteiger partial charge in [-0.25, -0.2) is 4.98 Å². The molecule has 2 N–H and O–H groups in total.